The number of imide groups is 1. The van der Waals surface area contributed by atoms with E-state index in [2.05, 4.69) is 15.7 Å². The van der Waals surface area contributed by atoms with Crippen LogP contribution in [0.4, 0.5) is 4.79 Å². The van der Waals surface area contributed by atoms with Gasteiger partial charge in [-0.05, 0) is 43.9 Å². The normalized spacial score (nSPS) is 25.6. The molecule has 25 heavy (non-hydrogen) atoms. The summed E-state index contributed by atoms with van der Waals surface area (Å²) in [6.45, 7) is 1.56. The third-order valence-corrected chi connectivity index (χ3v) is 6.03. The predicted octanol–water partition coefficient (Wildman–Crippen LogP) is 2.20. The average Bonchev–Trinajstić information content (AvgIpc) is 3.18. The zero-order valence-electron chi connectivity index (χ0n) is 13.8. The lowest BCUT2D eigenvalue weighted by molar-refractivity contribution is -0.120. The van der Waals surface area contributed by atoms with Gasteiger partial charge in [0.15, 0.2) is 0 Å². The first-order valence-electron chi connectivity index (χ1n) is 8.36. The van der Waals surface area contributed by atoms with Crippen molar-refractivity contribution >= 4 is 35.1 Å². The van der Waals surface area contributed by atoms with Gasteiger partial charge in [-0.2, -0.15) is 5.10 Å². The SMILES string of the molecule is C[C@@H](NC(=O)NC(=O)Cn1ncc(Cl)c(Cl)c1=O)[C@H]1C[C@H]2CC[C@H]1C2. The fraction of sp³-hybridized carbons (Fsp3) is 0.625. The van der Waals surface area contributed by atoms with E-state index in [1.165, 1.54) is 25.5 Å². The molecule has 7 nitrogen and oxygen atoms in total. The van der Waals surface area contributed by atoms with Gasteiger partial charge in [-0.15, -0.1) is 0 Å². The summed E-state index contributed by atoms with van der Waals surface area (Å²) < 4.78 is 0.857. The van der Waals surface area contributed by atoms with Gasteiger partial charge >= 0.3 is 6.03 Å². The standard InChI is InChI=1S/C16H20Cl2N4O3/c1-8(11-5-9-2-3-10(11)4-9)20-16(25)21-13(23)7-22-15(24)14(18)12(17)6-19-22/h6,8-11H,2-5,7H2,1H3,(H2,20,21,23,25)/t8-,9+,10+,11-/m1/s1. The molecule has 2 fully saturated rings. The van der Waals surface area contributed by atoms with Gasteiger partial charge in [0.05, 0.1) is 11.2 Å². The number of fused-ring (bicyclic) bond motifs is 2. The number of rotatable bonds is 4. The van der Waals surface area contributed by atoms with Crippen LogP contribution in [-0.4, -0.2) is 27.8 Å². The van der Waals surface area contributed by atoms with Crippen molar-refractivity contribution in [1.82, 2.24) is 20.4 Å². The summed E-state index contributed by atoms with van der Waals surface area (Å²) in [5, 5.41) is 8.59. The Balaban J connectivity index is 1.52. The molecule has 2 bridgehead atoms. The Morgan fingerprint density at radius 1 is 1.36 bits per heavy atom. The lowest BCUT2D eigenvalue weighted by atomic mass is 9.84. The maximum absolute atomic E-state index is 12.0. The van der Waals surface area contributed by atoms with Gasteiger partial charge in [-0.1, -0.05) is 29.6 Å². The summed E-state index contributed by atoms with van der Waals surface area (Å²) in [4.78, 5) is 35.8. The van der Waals surface area contributed by atoms with E-state index in [9.17, 15) is 14.4 Å². The Morgan fingerprint density at radius 3 is 2.76 bits per heavy atom. The van der Waals surface area contributed by atoms with Gasteiger partial charge in [0.2, 0.25) is 5.91 Å². The van der Waals surface area contributed by atoms with E-state index in [0.717, 1.165) is 17.0 Å². The summed E-state index contributed by atoms with van der Waals surface area (Å²) >= 11 is 11.4. The molecule has 2 N–H and O–H groups in total. The van der Waals surface area contributed by atoms with Crippen molar-refractivity contribution in [2.24, 2.45) is 17.8 Å². The van der Waals surface area contributed by atoms with Crippen LogP contribution >= 0.6 is 23.2 Å². The molecule has 3 amide bonds. The third kappa shape index (κ3) is 3.98. The molecule has 0 aliphatic heterocycles. The number of amides is 3. The summed E-state index contributed by atoms with van der Waals surface area (Å²) in [7, 11) is 0. The van der Waals surface area contributed by atoms with Crippen LogP contribution in [0.2, 0.25) is 10.0 Å². The molecule has 0 radical (unpaired) electrons. The van der Waals surface area contributed by atoms with Crippen LogP contribution in [0.25, 0.3) is 0 Å². The number of nitrogens with one attached hydrogen (secondary N) is 2. The largest absolute Gasteiger partial charge is 0.335 e. The Morgan fingerprint density at radius 2 is 2.12 bits per heavy atom. The second kappa shape index (κ2) is 7.33. The van der Waals surface area contributed by atoms with Crippen molar-refractivity contribution in [3.8, 4) is 0 Å². The van der Waals surface area contributed by atoms with Crippen LogP contribution in [0, 0.1) is 17.8 Å². The minimum atomic E-state index is -0.680. The van der Waals surface area contributed by atoms with Crippen molar-refractivity contribution in [2.75, 3.05) is 0 Å². The minimum absolute atomic E-state index is 0.00826. The Hall–Kier alpha value is -1.60. The molecule has 2 aliphatic rings. The number of urea groups is 1. The molecule has 4 atom stereocenters. The topological polar surface area (TPSA) is 93.1 Å². The van der Waals surface area contributed by atoms with Gasteiger partial charge < -0.3 is 5.32 Å². The molecule has 9 heteroatoms. The Kier molecular flexibility index (Phi) is 5.34. The van der Waals surface area contributed by atoms with E-state index >= 15 is 0 Å². The third-order valence-electron chi connectivity index (χ3n) is 5.28. The van der Waals surface area contributed by atoms with Crippen molar-refractivity contribution in [3.05, 3.63) is 26.6 Å². The molecule has 136 valence electrons. The van der Waals surface area contributed by atoms with Crippen molar-refractivity contribution in [2.45, 2.75) is 45.2 Å². The fourth-order valence-corrected chi connectivity index (χ4v) is 4.39. The highest BCUT2D eigenvalue weighted by atomic mass is 35.5. The van der Waals surface area contributed by atoms with Crippen LogP contribution < -0.4 is 16.2 Å². The molecule has 2 aliphatic carbocycles. The van der Waals surface area contributed by atoms with Crippen LogP contribution in [0.3, 0.4) is 0 Å². The fourth-order valence-electron chi connectivity index (χ4n) is 4.12. The highest BCUT2D eigenvalue weighted by Crippen LogP contribution is 2.49. The number of hydrogen-bond donors (Lipinski definition) is 2. The first-order valence-corrected chi connectivity index (χ1v) is 9.12. The predicted molar refractivity (Wildman–Crippen MR) is 93.6 cm³/mol. The summed E-state index contributed by atoms with van der Waals surface area (Å²) in [5.74, 6) is 1.29. The monoisotopic (exact) mass is 386 g/mol. The van der Waals surface area contributed by atoms with Crippen LogP contribution in [-0.2, 0) is 11.3 Å². The maximum atomic E-state index is 12.0. The smallest absolute Gasteiger partial charge is 0.321 e. The lowest BCUT2D eigenvalue weighted by Crippen LogP contribution is -2.48. The molecule has 1 heterocycles. The van der Waals surface area contributed by atoms with Gasteiger partial charge in [-0.3, -0.25) is 14.9 Å². The summed E-state index contributed by atoms with van der Waals surface area (Å²) in [6, 6.07) is -0.553. The van der Waals surface area contributed by atoms with Crippen molar-refractivity contribution in [3.63, 3.8) is 0 Å². The van der Waals surface area contributed by atoms with E-state index in [-0.39, 0.29) is 16.1 Å². The second-order valence-corrected chi connectivity index (χ2v) is 7.70. The van der Waals surface area contributed by atoms with Crippen LogP contribution in [0.15, 0.2) is 11.0 Å². The first kappa shape index (κ1) is 18.2. The zero-order chi connectivity index (χ0) is 18.1. The van der Waals surface area contributed by atoms with Crippen LogP contribution in [0.5, 0.6) is 0 Å². The highest BCUT2D eigenvalue weighted by molar-refractivity contribution is 6.41. The van der Waals surface area contributed by atoms with Gasteiger partial charge in [0.25, 0.3) is 5.56 Å². The Labute approximate surface area is 155 Å². The molecule has 0 aromatic carbocycles. The number of hydrogen-bond acceptors (Lipinski definition) is 4. The quantitative estimate of drug-likeness (QED) is 0.829. The Bertz CT molecular complexity index is 751. The second-order valence-electron chi connectivity index (χ2n) is 6.92. The molecule has 0 saturated heterocycles. The van der Waals surface area contributed by atoms with E-state index < -0.39 is 24.0 Å². The van der Waals surface area contributed by atoms with E-state index in [1.54, 1.807) is 0 Å². The lowest BCUT2D eigenvalue weighted by Gasteiger charge is -2.28. The molecule has 2 saturated carbocycles. The van der Waals surface area contributed by atoms with Crippen molar-refractivity contribution in [1.29, 1.82) is 0 Å². The first-order chi connectivity index (χ1) is 11.8. The average molecular weight is 387 g/mol. The molecular weight excluding hydrogens is 367 g/mol. The molecular formula is C16H20Cl2N4O3. The van der Waals surface area contributed by atoms with Gasteiger partial charge in [-0.25, -0.2) is 9.48 Å². The molecule has 0 spiro atoms. The molecule has 1 aromatic rings. The number of aromatic nitrogens is 2. The number of carbonyl (C=O) groups excluding carboxylic acids is 2. The van der Waals surface area contributed by atoms with Crippen molar-refractivity contribution < 1.29 is 9.59 Å². The zero-order valence-corrected chi connectivity index (χ0v) is 15.3. The van der Waals surface area contributed by atoms with Crippen LogP contribution in [0.1, 0.15) is 32.6 Å². The molecule has 1 aromatic heterocycles. The number of halogens is 2. The van der Waals surface area contributed by atoms with Gasteiger partial charge in [0.1, 0.15) is 11.6 Å². The number of carbonyl (C=O) groups is 2. The summed E-state index contributed by atoms with van der Waals surface area (Å²) in [6.07, 6.45) is 6.10. The van der Waals surface area contributed by atoms with Gasteiger partial charge in [0, 0.05) is 6.04 Å². The van der Waals surface area contributed by atoms with E-state index in [0.29, 0.717) is 11.8 Å². The molecule has 0 unspecified atom stereocenters. The number of nitrogens with zero attached hydrogens (tertiary/aromatic N) is 2. The van der Waals surface area contributed by atoms with E-state index in [4.69, 9.17) is 23.2 Å². The maximum Gasteiger partial charge on any atom is 0.321 e. The minimum Gasteiger partial charge on any atom is -0.335 e. The highest BCUT2D eigenvalue weighted by Gasteiger charge is 2.42. The van der Waals surface area contributed by atoms with E-state index in [1.807, 2.05) is 6.92 Å². The molecule has 3 rings (SSSR count). The summed E-state index contributed by atoms with van der Waals surface area (Å²) in [5.41, 5.74) is -0.680.